The Balaban J connectivity index is 1.78. The largest absolute Gasteiger partial charge is 0.364 e. The Morgan fingerprint density at radius 2 is 2.00 bits per heavy atom. The summed E-state index contributed by atoms with van der Waals surface area (Å²) in [6, 6.07) is 6.74. The van der Waals surface area contributed by atoms with Crippen LogP contribution in [-0.4, -0.2) is 31.6 Å². The summed E-state index contributed by atoms with van der Waals surface area (Å²) in [5, 5.41) is 10.1. The summed E-state index contributed by atoms with van der Waals surface area (Å²) < 4.78 is 36.7. The average molecular weight is 465 g/mol. The van der Waals surface area contributed by atoms with Gasteiger partial charge in [0.25, 0.3) is 5.91 Å². The molecule has 3 heterocycles. The third-order valence-electron chi connectivity index (χ3n) is 5.71. The number of carbonyl (C=O) groups is 2. The minimum absolute atomic E-state index is 0.0456. The Bertz CT molecular complexity index is 1370. The standard InChI is InChI=1S/C24H21F2N5O3/c1-14(32)15-6-8-27-21(10-15)24(2,16-12-28-31(3)13-16)11-17-18(25)4-5-19(22(17)26)29-23(33)20-7-9-34-30-20/h4-10,12-13H,11H2,1-3H3,(H,29,33). The fourth-order valence-electron chi connectivity index (χ4n) is 3.72. The second-order valence-corrected chi connectivity index (χ2v) is 8.12. The molecule has 174 valence electrons. The minimum atomic E-state index is -1.05. The van der Waals surface area contributed by atoms with Crippen LogP contribution in [0.15, 0.2) is 59.7 Å². The van der Waals surface area contributed by atoms with Crippen molar-refractivity contribution in [1.82, 2.24) is 19.9 Å². The molecule has 0 saturated heterocycles. The highest BCUT2D eigenvalue weighted by Crippen LogP contribution is 2.37. The van der Waals surface area contributed by atoms with Crippen LogP contribution in [0.3, 0.4) is 0 Å². The van der Waals surface area contributed by atoms with Crippen LogP contribution in [0.5, 0.6) is 0 Å². The number of nitrogens with one attached hydrogen (secondary N) is 1. The summed E-state index contributed by atoms with van der Waals surface area (Å²) in [4.78, 5) is 28.7. The Morgan fingerprint density at radius 1 is 1.21 bits per heavy atom. The molecule has 3 aromatic heterocycles. The molecule has 34 heavy (non-hydrogen) atoms. The third-order valence-corrected chi connectivity index (χ3v) is 5.71. The van der Waals surface area contributed by atoms with Gasteiger partial charge in [0.05, 0.1) is 17.6 Å². The molecule has 1 amide bonds. The normalized spacial score (nSPS) is 12.9. The van der Waals surface area contributed by atoms with E-state index in [1.165, 1.54) is 25.5 Å². The molecular weight excluding hydrogens is 444 g/mol. The molecule has 0 bridgehead atoms. The number of aryl methyl sites for hydroxylation is 1. The number of nitrogens with zero attached hydrogens (tertiary/aromatic N) is 4. The monoisotopic (exact) mass is 465 g/mol. The van der Waals surface area contributed by atoms with Gasteiger partial charge in [-0.15, -0.1) is 0 Å². The van der Waals surface area contributed by atoms with Crippen molar-refractivity contribution in [3.8, 4) is 0 Å². The molecular formula is C24H21F2N5O3. The first-order valence-electron chi connectivity index (χ1n) is 10.3. The van der Waals surface area contributed by atoms with E-state index in [0.717, 1.165) is 12.1 Å². The van der Waals surface area contributed by atoms with E-state index in [-0.39, 0.29) is 29.1 Å². The number of anilines is 1. The summed E-state index contributed by atoms with van der Waals surface area (Å²) in [6.45, 7) is 3.21. The van der Waals surface area contributed by atoms with E-state index in [2.05, 4.69) is 25.1 Å². The summed E-state index contributed by atoms with van der Waals surface area (Å²) in [6.07, 6.45) is 5.87. The molecule has 0 fully saturated rings. The first kappa shape index (κ1) is 23.0. The number of ketones is 1. The van der Waals surface area contributed by atoms with E-state index in [4.69, 9.17) is 0 Å². The van der Waals surface area contributed by atoms with Crippen molar-refractivity contribution in [3.05, 3.63) is 94.9 Å². The lowest BCUT2D eigenvalue weighted by Crippen LogP contribution is -2.29. The number of Topliss-reactive ketones (excluding diaryl/α,β-unsaturated/α-hetero) is 1. The van der Waals surface area contributed by atoms with E-state index in [0.29, 0.717) is 16.8 Å². The van der Waals surface area contributed by atoms with Crippen molar-refractivity contribution in [2.75, 3.05) is 5.32 Å². The predicted octanol–water partition coefficient (Wildman–Crippen LogP) is 4.08. The van der Waals surface area contributed by atoms with Gasteiger partial charge >= 0.3 is 0 Å². The second kappa shape index (κ2) is 8.97. The Kier molecular flexibility index (Phi) is 6.06. The summed E-state index contributed by atoms with van der Waals surface area (Å²) in [7, 11) is 1.73. The molecule has 0 spiro atoms. The first-order chi connectivity index (χ1) is 16.2. The minimum Gasteiger partial charge on any atom is -0.364 e. The maximum Gasteiger partial charge on any atom is 0.277 e. The SMILES string of the molecule is CC(=O)c1ccnc(C(C)(Cc2c(F)ccc(NC(=O)c3ccon3)c2F)c2cnn(C)c2)c1. The number of halogens is 2. The van der Waals surface area contributed by atoms with Crippen molar-refractivity contribution in [2.45, 2.75) is 25.7 Å². The van der Waals surface area contributed by atoms with E-state index in [1.54, 1.807) is 43.2 Å². The number of hydrogen-bond acceptors (Lipinski definition) is 6. The lowest BCUT2D eigenvalue weighted by molar-refractivity contribution is 0.100. The van der Waals surface area contributed by atoms with Crippen molar-refractivity contribution in [1.29, 1.82) is 0 Å². The van der Waals surface area contributed by atoms with E-state index < -0.39 is 23.0 Å². The van der Waals surface area contributed by atoms with Gasteiger partial charge in [-0.3, -0.25) is 19.3 Å². The fourth-order valence-corrected chi connectivity index (χ4v) is 3.72. The van der Waals surface area contributed by atoms with Gasteiger partial charge in [0, 0.05) is 47.6 Å². The van der Waals surface area contributed by atoms with Crippen LogP contribution in [-0.2, 0) is 18.9 Å². The second-order valence-electron chi connectivity index (χ2n) is 8.12. The average Bonchev–Trinajstić information content (AvgIpc) is 3.51. The zero-order valence-electron chi connectivity index (χ0n) is 18.7. The van der Waals surface area contributed by atoms with Crippen LogP contribution in [0.2, 0.25) is 0 Å². The molecule has 0 aliphatic heterocycles. The van der Waals surface area contributed by atoms with Gasteiger partial charge in [-0.25, -0.2) is 8.78 Å². The molecule has 10 heteroatoms. The third kappa shape index (κ3) is 4.34. The van der Waals surface area contributed by atoms with Gasteiger partial charge in [-0.05, 0) is 44.5 Å². The fraction of sp³-hybridized carbons (Fsp3) is 0.208. The van der Waals surface area contributed by atoms with Gasteiger partial charge in [-0.1, -0.05) is 5.16 Å². The van der Waals surface area contributed by atoms with Gasteiger partial charge in [0.1, 0.15) is 12.1 Å². The molecule has 8 nitrogen and oxygen atoms in total. The Hall–Kier alpha value is -4.21. The highest BCUT2D eigenvalue weighted by Gasteiger charge is 2.35. The number of rotatable bonds is 7. The van der Waals surface area contributed by atoms with Gasteiger partial charge in [-0.2, -0.15) is 5.10 Å². The quantitative estimate of drug-likeness (QED) is 0.413. The smallest absolute Gasteiger partial charge is 0.277 e. The highest BCUT2D eigenvalue weighted by molar-refractivity contribution is 6.02. The van der Waals surface area contributed by atoms with Crippen LogP contribution in [0, 0.1) is 11.6 Å². The number of hydrogen-bond donors (Lipinski definition) is 1. The van der Waals surface area contributed by atoms with Crippen LogP contribution >= 0.6 is 0 Å². The zero-order valence-corrected chi connectivity index (χ0v) is 18.7. The molecule has 4 aromatic rings. The molecule has 1 atom stereocenters. The number of benzene rings is 1. The molecule has 1 unspecified atom stereocenters. The highest BCUT2D eigenvalue weighted by atomic mass is 19.1. The molecule has 0 aliphatic carbocycles. The topological polar surface area (TPSA) is 103 Å². The Labute approximate surface area is 193 Å². The molecule has 0 radical (unpaired) electrons. The van der Waals surface area contributed by atoms with Crippen molar-refractivity contribution < 1.29 is 22.9 Å². The molecule has 1 aromatic carbocycles. The molecule has 4 rings (SSSR count). The van der Waals surface area contributed by atoms with Gasteiger partial charge < -0.3 is 9.84 Å². The Morgan fingerprint density at radius 3 is 2.65 bits per heavy atom. The predicted molar refractivity (Wildman–Crippen MR) is 118 cm³/mol. The molecule has 1 N–H and O–H groups in total. The maximum absolute atomic E-state index is 15.5. The van der Waals surface area contributed by atoms with Crippen molar-refractivity contribution in [3.63, 3.8) is 0 Å². The van der Waals surface area contributed by atoms with Gasteiger partial charge in [0.15, 0.2) is 17.3 Å². The number of carbonyl (C=O) groups excluding carboxylic acids is 2. The zero-order chi connectivity index (χ0) is 24.5. The lowest BCUT2D eigenvalue weighted by atomic mass is 9.75. The lowest BCUT2D eigenvalue weighted by Gasteiger charge is -2.29. The van der Waals surface area contributed by atoms with E-state index in [9.17, 15) is 14.0 Å². The van der Waals surface area contributed by atoms with Crippen LogP contribution in [0.25, 0.3) is 0 Å². The van der Waals surface area contributed by atoms with Crippen molar-refractivity contribution >= 4 is 17.4 Å². The van der Waals surface area contributed by atoms with Gasteiger partial charge in [0.2, 0.25) is 0 Å². The number of pyridine rings is 1. The van der Waals surface area contributed by atoms with E-state index in [1.807, 2.05) is 0 Å². The molecule has 0 aliphatic rings. The maximum atomic E-state index is 15.5. The summed E-state index contributed by atoms with van der Waals surface area (Å²) in [5.41, 5.74) is -0.0212. The van der Waals surface area contributed by atoms with E-state index >= 15 is 4.39 Å². The number of aromatic nitrogens is 4. The number of amides is 1. The van der Waals surface area contributed by atoms with Crippen LogP contribution < -0.4 is 5.32 Å². The summed E-state index contributed by atoms with van der Waals surface area (Å²) in [5.74, 6) is -2.56. The van der Waals surface area contributed by atoms with Crippen molar-refractivity contribution in [2.24, 2.45) is 7.05 Å². The first-order valence-corrected chi connectivity index (χ1v) is 10.3. The summed E-state index contributed by atoms with van der Waals surface area (Å²) >= 11 is 0. The van der Waals surface area contributed by atoms with Crippen LogP contribution in [0.1, 0.15) is 51.5 Å². The molecule has 0 saturated carbocycles. The van der Waals surface area contributed by atoms with Crippen LogP contribution in [0.4, 0.5) is 14.5 Å².